The van der Waals surface area contributed by atoms with Crippen molar-refractivity contribution in [1.29, 1.82) is 0 Å². The molecule has 12 heteroatoms. The molecule has 1 fully saturated rings. The summed E-state index contributed by atoms with van der Waals surface area (Å²) in [5.74, 6) is 0. The Labute approximate surface area is 137 Å². The number of rotatable bonds is 6. The van der Waals surface area contributed by atoms with E-state index in [0.717, 1.165) is 0 Å². The molecule has 0 radical (unpaired) electrons. The van der Waals surface area contributed by atoms with Crippen molar-refractivity contribution in [3.05, 3.63) is 0 Å². The van der Waals surface area contributed by atoms with Crippen molar-refractivity contribution in [3.8, 4) is 0 Å². The molecule has 11 N–H and O–H groups in total. The van der Waals surface area contributed by atoms with Gasteiger partial charge in [0, 0.05) is 0 Å². The highest BCUT2D eigenvalue weighted by atomic mass is 16.6. The number of aliphatic hydroxyl groups is 11. The number of aliphatic hydroxyl groups excluding tert-OH is 11. The first-order chi connectivity index (χ1) is 11.1. The van der Waals surface area contributed by atoms with E-state index >= 15 is 0 Å². The average Bonchev–Trinajstić information content (AvgIpc) is 2.60. The maximum absolute atomic E-state index is 9.12. The minimum atomic E-state index is -1.67. The van der Waals surface area contributed by atoms with E-state index in [1.165, 1.54) is 0 Å². The van der Waals surface area contributed by atoms with E-state index in [2.05, 4.69) is 4.74 Å². The fraction of sp³-hybridized carbons (Fsp3) is 1.00. The zero-order valence-electron chi connectivity index (χ0n) is 12.6. The van der Waals surface area contributed by atoms with Crippen LogP contribution in [0.1, 0.15) is 0 Å². The molecule has 146 valence electrons. The van der Waals surface area contributed by atoms with Crippen LogP contribution in [0.3, 0.4) is 0 Å². The molecule has 12 nitrogen and oxygen atoms in total. The van der Waals surface area contributed by atoms with Gasteiger partial charge in [-0.2, -0.15) is 0 Å². The second-order valence-electron chi connectivity index (χ2n) is 5.20. The highest BCUT2D eigenvalue weighted by Crippen LogP contribution is 2.19. The topological polar surface area (TPSA) is 232 Å². The molecule has 0 amide bonds. The molecule has 0 spiro atoms. The van der Waals surface area contributed by atoms with Crippen molar-refractivity contribution in [2.45, 2.75) is 55.1 Å². The van der Waals surface area contributed by atoms with Crippen LogP contribution in [0.4, 0.5) is 0 Å². The van der Waals surface area contributed by atoms with E-state index in [1.807, 2.05) is 0 Å². The number of ether oxygens (including phenoxy) is 1. The first-order valence-electron chi connectivity index (χ1n) is 7.04. The molecule has 9 atom stereocenters. The molecule has 1 aliphatic rings. The van der Waals surface area contributed by atoms with Crippen molar-refractivity contribution in [2.24, 2.45) is 0 Å². The van der Waals surface area contributed by atoms with Gasteiger partial charge in [-0.3, -0.25) is 0 Å². The summed E-state index contributed by atoms with van der Waals surface area (Å²) in [6.45, 7) is -1.98. The summed E-state index contributed by atoms with van der Waals surface area (Å²) in [5.41, 5.74) is 0. The summed E-state index contributed by atoms with van der Waals surface area (Å²) < 4.78 is 4.58. The van der Waals surface area contributed by atoms with E-state index in [1.54, 1.807) is 0 Å². The Bertz CT molecular complexity index is 308. The van der Waals surface area contributed by atoms with Crippen LogP contribution in [0.5, 0.6) is 0 Å². The largest absolute Gasteiger partial charge is 0.394 e. The molecule has 0 aliphatic carbocycles. The predicted molar refractivity (Wildman–Crippen MR) is 74.2 cm³/mol. The van der Waals surface area contributed by atoms with Gasteiger partial charge in [-0.1, -0.05) is 0 Å². The quantitative estimate of drug-likeness (QED) is 0.212. The van der Waals surface area contributed by atoms with Gasteiger partial charge in [0.15, 0.2) is 6.29 Å². The Balaban J connectivity index is 0.000000441. The Morgan fingerprint density at radius 1 is 0.667 bits per heavy atom. The number of hydrogen-bond donors (Lipinski definition) is 11. The van der Waals surface area contributed by atoms with Gasteiger partial charge >= 0.3 is 0 Å². The smallest absolute Gasteiger partial charge is 0.184 e. The summed E-state index contributed by atoms with van der Waals surface area (Å²) >= 11 is 0. The lowest BCUT2D eigenvalue weighted by Gasteiger charge is -2.37. The zero-order chi connectivity index (χ0) is 19.0. The molecular formula is C12H26O12. The van der Waals surface area contributed by atoms with Crippen LogP contribution in [0.15, 0.2) is 0 Å². The van der Waals surface area contributed by atoms with Crippen molar-refractivity contribution >= 4 is 0 Å². The maximum atomic E-state index is 9.12. The molecule has 0 aromatic carbocycles. The van der Waals surface area contributed by atoms with E-state index in [4.69, 9.17) is 56.2 Å². The molecule has 1 aliphatic heterocycles. The van der Waals surface area contributed by atoms with Gasteiger partial charge in [0.2, 0.25) is 0 Å². The second kappa shape index (κ2) is 11.2. The third-order valence-corrected chi connectivity index (χ3v) is 3.38. The minimum absolute atomic E-state index is 0.526. The maximum Gasteiger partial charge on any atom is 0.184 e. The lowest BCUT2D eigenvalue weighted by Crippen LogP contribution is -2.58. The van der Waals surface area contributed by atoms with Gasteiger partial charge in [-0.25, -0.2) is 0 Å². The summed E-state index contributed by atoms with van der Waals surface area (Å²) in [5, 5.41) is 96.8. The summed E-state index contributed by atoms with van der Waals surface area (Å²) in [6.07, 6.45) is -13.4. The van der Waals surface area contributed by atoms with Crippen LogP contribution in [0.2, 0.25) is 0 Å². The molecule has 0 aromatic heterocycles. The van der Waals surface area contributed by atoms with Crippen LogP contribution < -0.4 is 0 Å². The van der Waals surface area contributed by atoms with E-state index < -0.39 is 74.9 Å². The molecule has 1 heterocycles. The van der Waals surface area contributed by atoms with Crippen LogP contribution in [0, 0.1) is 0 Å². The molecule has 0 bridgehead atoms. The van der Waals surface area contributed by atoms with Gasteiger partial charge in [-0.15, -0.1) is 0 Å². The highest BCUT2D eigenvalue weighted by Gasteiger charge is 2.42. The van der Waals surface area contributed by atoms with Gasteiger partial charge in [-0.05, 0) is 0 Å². The SMILES string of the molecule is OC[C@@H](O)[C@H](O)[C@H](O)[C@@H](O)CO.OC[C@H]1O[C@H](O)[C@H](O)[C@@H](O)[C@H]1O. The van der Waals surface area contributed by atoms with Gasteiger partial charge in [0.05, 0.1) is 19.8 Å². The van der Waals surface area contributed by atoms with E-state index in [9.17, 15) is 0 Å². The van der Waals surface area contributed by atoms with Crippen LogP contribution in [-0.2, 0) is 4.74 Å². The third kappa shape index (κ3) is 6.44. The molecular weight excluding hydrogens is 336 g/mol. The molecule has 24 heavy (non-hydrogen) atoms. The van der Waals surface area contributed by atoms with Crippen molar-refractivity contribution < 1.29 is 60.9 Å². The van der Waals surface area contributed by atoms with E-state index in [-0.39, 0.29) is 0 Å². The fourth-order valence-corrected chi connectivity index (χ4v) is 1.75. The highest BCUT2D eigenvalue weighted by molar-refractivity contribution is 4.88. The fourth-order valence-electron chi connectivity index (χ4n) is 1.75. The normalized spacial score (nSPS) is 35.4. The van der Waals surface area contributed by atoms with Crippen molar-refractivity contribution in [2.75, 3.05) is 19.8 Å². The van der Waals surface area contributed by atoms with Crippen LogP contribution in [0.25, 0.3) is 0 Å². The van der Waals surface area contributed by atoms with Crippen molar-refractivity contribution in [1.82, 2.24) is 0 Å². The van der Waals surface area contributed by atoms with Crippen LogP contribution in [-0.4, -0.2) is 131 Å². The van der Waals surface area contributed by atoms with E-state index in [0.29, 0.717) is 0 Å². The lowest BCUT2D eigenvalue weighted by atomic mass is 10.00. The Morgan fingerprint density at radius 2 is 1.08 bits per heavy atom. The molecule has 1 rings (SSSR count). The standard InChI is InChI=1S/C6H12O6.C6H14O6/c7-1-2-3(8)4(9)5(10)6(11)12-2;7-1-3(9)5(11)6(12)4(10)2-8/h2-11H,1H2;3-12H,1-2H2/t2-,3+,4+,5-,6+;3-,4+,5+,6-/m1./s1. The molecule has 0 unspecified atom stereocenters. The monoisotopic (exact) mass is 362 g/mol. The van der Waals surface area contributed by atoms with Gasteiger partial charge in [0.25, 0.3) is 0 Å². The van der Waals surface area contributed by atoms with Crippen molar-refractivity contribution in [3.63, 3.8) is 0 Å². The Morgan fingerprint density at radius 3 is 1.42 bits per heavy atom. The first kappa shape index (κ1) is 23.5. The molecule has 0 aromatic rings. The lowest BCUT2D eigenvalue weighted by molar-refractivity contribution is -0.286. The Hall–Kier alpha value is -0.480. The first-order valence-corrected chi connectivity index (χ1v) is 7.04. The molecule has 1 saturated heterocycles. The summed E-state index contributed by atoms with van der Waals surface area (Å²) in [4.78, 5) is 0. The van der Waals surface area contributed by atoms with Crippen LogP contribution >= 0.6 is 0 Å². The Kier molecular flexibility index (Phi) is 11.0. The predicted octanol–water partition coefficient (Wildman–Crippen LogP) is -6.81. The zero-order valence-corrected chi connectivity index (χ0v) is 12.6. The molecule has 0 saturated carbocycles. The van der Waals surface area contributed by atoms with Gasteiger partial charge in [0.1, 0.15) is 48.8 Å². The minimum Gasteiger partial charge on any atom is -0.394 e. The third-order valence-electron chi connectivity index (χ3n) is 3.38. The summed E-state index contributed by atoms with van der Waals surface area (Å²) in [6, 6.07) is 0. The average molecular weight is 362 g/mol. The van der Waals surface area contributed by atoms with Gasteiger partial charge < -0.3 is 60.9 Å². The number of hydrogen-bond acceptors (Lipinski definition) is 12. The second-order valence-corrected chi connectivity index (χ2v) is 5.20. The summed E-state index contributed by atoms with van der Waals surface area (Å²) in [7, 11) is 0.